The van der Waals surface area contributed by atoms with E-state index in [1.165, 1.54) is 0 Å². The molecule has 0 bridgehead atoms. The Balaban J connectivity index is 1.59. The van der Waals surface area contributed by atoms with Crippen molar-refractivity contribution in [2.24, 2.45) is 0 Å². The maximum atomic E-state index is 12.0. The Kier molecular flexibility index (Phi) is 3.91. The molecule has 6 nitrogen and oxygen atoms in total. The van der Waals surface area contributed by atoms with Crippen LogP contribution in [0.5, 0.6) is 11.7 Å². The lowest BCUT2D eigenvalue weighted by atomic mass is 10.3. The molecule has 0 saturated heterocycles. The number of amides is 1. The van der Waals surface area contributed by atoms with E-state index in [0.717, 1.165) is 5.69 Å². The van der Waals surface area contributed by atoms with E-state index in [1.807, 2.05) is 25.1 Å². The number of aromatic nitrogens is 1. The minimum Gasteiger partial charge on any atom is -0.426 e. The van der Waals surface area contributed by atoms with Crippen LogP contribution < -0.4 is 10.1 Å². The number of carbonyl (C=O) groups is 1. The summed E-state index contributed by atoms with van der Waals surface area (Å²) in [6.07, 6.45) is 0. The third-order valence-electron chi connectivity index (χ3n) is 2.87. The molecule has 0 fully saturated rings. The van der Waals surface area contributed by atoms with E-state index in [0.29, 0.717) is 11.5 Å². The van der Waals surface area contributed by atoms with Crippen molar-refractivity contribution in [2.45, 2.75) is 13.5 Å². The van der Waals surface area contributed by atoms with Crippen molar-refractivity contribution >= 4 is 5.91 Å². The Labute approximate surface area is 126 Å². The summed E-state index contributed by atoms with van der Waals surface area (Å²) in [5.74, 6) is 1.30. The van der Waals surface area contributed by atoms with Crippen LogP contribution >= 0.6 is 0 Å². The first-order chi connectivity index (χ1) is 10.7. The number of ether oxygens (including phenoxy) is 1. The molecule has 3 aromatic rings. The molecule has 6 heteroatoms. The number of nitrogens with one attached hydrogen (secondary N) is 1. The first kappa shape index (κ1) is 13.9. The predicted octanol–water partition coefficient (Wildman–Crippen LogP) is 3.30. The molecule has 0 spiro atoms. The zero-order valence-electron chi connectivity index (χ0n) is 11.9. The summed E-state index contributed by atoms with van der Waals surface area (Å²) in [6, 6.07) is 14.1. The molecule has 0 unspecified atom stereocenters. The van der Waals surface area contributed by atoms with Crippen LogP contribution in [0.1, 0.15) is 22.0 Å². The lowest BCUT2D eigenvalue weighted by molar-refractivity contribution is 0.0914. The summed E-state index contributed by atoms with van der Waals surface area (Å²) in [5, 5.41) is 6.43. The Morgan fingerprint density at radius 1 is 1.23 bits per heavy atom. The van der Waals surface area contributed by atoms with Crippen molar-refractivity contribution in [3.8, 4) is 11.7 Å². The highest BCUT2D eigenvalue weighted by molar-refractivity contribution is 5.91. The van der Waals surface area contributed by atoms with E-state index in [2.05, 4.69) is 10.5 Å². The Hall–Kier alpha value is -3.02. The number of nitrogens with zero attached hydrogens (tertiary/aromatic N) is 1. The molecule has 3 rings (SSSR count). The second kappa shape index (κ2) is 6.17. The lowest BCUT2D eigenvalue weighted by Crippen LogP contribution is -2.21. The highest BCUT2D eigenvalue weighted by Gasteiger charge is 2.13. The first-order valence-corrected chi connectivity index (χ1v) is 6.74. The van der Waals surface area contributed by atoms with E-state index in [1.54, 1.807) is 30.3 Å². The Bertz CT molecular complexity index is 761. The van der Waals surface area contributed by atoms with Crippen LogP contribution in [-0.4, -0.2) is 11.1 Å². The number of hydrogen-bond acceptors (Lipinski definition) is 5. The molecule has 2 aromatic heterocycles. The van der Waals surface area contributed by atoms with E-state index >= 15 is 0 Å². The van der Waals surface area contributed by atoms with Crippen molar-refractivity contribution < 1.29 is 18.5 Å². The highest BCUT2D eigenvalue weighted by Crippen LogP contribution is 2.23. The van der Waals surface area contributed by atoms with Crippen LogP contribution in [-0.2, 0) is 6.54 Å². The van der Waals surface area contributed by atoms with Crippen LogP contribution in [0.25, 0.3) is 0 Å². The van der Waals surface area contributed by atoms with Gasteiger partial charge in [0.25, 0.3) is 11.9 Å². The van der Waals surface area contributed by atoms with Crippen LogP contribution in [0.15, 0.2) is 57.5 Å². The number of rotatable bonds is 5. The number of carbonyl (C=O) groups excluding carboxylic acids is 1. The van der Waals surface area contributed by atoms with Gasteiger partial charge < -0.3 is 19.0 Å². The van der Waals surface area contributed by atoms with Crippen LogP contribution in [0.2, 0.25) is 0 Å². The summed E-state index contributed by atoms with van der Waals surface area (Å²) in [4.78, 5) is 12.0. The van der Waals surface area contributed by atoms with Gasteiger partial charge in [-0.1, -0.05) is 23.4 Å². The summed E-state index contributed by atoms with van der Waals surface area (Å²) in [6.45, 7) is 2.06. The van der Waals surface area contributed by atoms with Crippen LogP contribution in [0.4, 0.5) is 0 Å². The standard InChI is InChI=1S/C16H14N2O4/c1-11-9-13(22-18-11)10-17-16(19)14-7-8-15(21-14)20-12-5-3-2-4-6-12/h2-9H,10H2,1H3,(H,17,19). The van der Waals surface area contributed by atoms with E-state index in [4.69, 9.17) is 13.7 Å². The maximum Gasteiger partial charge on any atom is 0.290 e. The minimum absolute atomic E-state index is 0.169. The lowest BCUT2D eigenvalue weighted by Gasteiger charge is -2.01. The zero-order valence-corrected chi connectivity index (χ0v) is 11.9. The molecule has 1 N–H and O–H groups in total. The van der Waals surface area contributed by atoms with Gasteiger partial charge in [0.2, 0.25) is 0 Å². The summed E-state index contributed by atoms with van der Waals surface area (Å²) in [5.41, 5.74) is 0.765. The fourth-order valence-electron chi connectivity index (χ4n) is 1.86. The second-order valence-corrected chi connectivity index (χ2v) is 4.65. The molecule has 0 aliphatic rings. The van der Waals surface area contributed by atoms with E-state index in [-0.39, 0.29) is 24.2 Å². The van der Waals surface area contributed by atoms with Gasteiger partial charge in [-0.3, -0.25) is 4.79 Å². The maximum absolute atomic E-state index is 12.0. The van der Waals surface area contributed by atoms with Crippen LogP contribution in [0, 0.1) is 6.92 Å². The van der Waals surface area contributed by atoms with Crippen LogP contribution in [0.3, 0.4) is 0 Å². The zero-order chi connectivity index (χ0) is 15.4. The number of furan rings is 1. The van der Waals surface area contributed by atoms with Gasteiger partial charge in [-0.15, -0.1) is 0 Å². The van der Waals surface area contributed by atoms with Crippen molar-refractivity contribution in [3.63, 3.8) is 0 Å². The molecule has 1 aromatic carbocycles. The molecular weight excluding hydrogens is 284 g/mol. The number of benzene rings is 1. The summed E-state index contributed by atoms with van der Waals surface area (Å²) >= 11 is 0. The quantitative estimate of drug-likeness (QED) is 0.782. The number of hydrogen-bond donors (Lipinski definition) is 1. The SMILES string of the molecule is Cc1cc(CNC(=O)c2ccc(Oc3ccccc3)o2)on1. The molecule has 112 valence electrons. The molecule has 22 heavy (non-hydrogen) atoms. The molecule has 1 amide bonds. The summed E-state index contributed by atoms with van der Waals surface area (Å²) in [7, 11) is 0. The van der Waals surface area contributed by atoms with Gasteiger partial charge in [0.1, 0.15) is 5.75 Å². The molecular formula is C16H14N2O4. The largest absolute Gasteiger partial charge is 0.426 e. The molecule has 0 aliphatic carbocycles. The van der Waals surface area contributed by atoms with Crippen molar-refractivity contribution in [3.05, 3.63) is 65.7 Å². The number of aryl methyl sites for hydroxylation is 1. The third-order valence-corrected chi connectivity index (χ3v) is 2.87. The van der Waals surface area contributed by atoms with Gasteiger partial charge in [0.05, 0.1) is 12.2 Å². The highest BCUT2D eigenvalue weighted by atomic mass is 16.6. The Morgan fingerprint density at radius 2 is 2.05 bits per heavy atom. The van der Waals surface area contributed by atoms with Crippen molar-refractivity contribution in [1.29, 1.82) is 0 Å². The average Bonchev–Trinajstić information content (AvgIpc) is 3.15. The molecule has 0 atom stereocenters. The van der Waals surface area contributed by atoms with Crippen molar-refractivity contribution in [1.82, 2.24) is 10.5 Å². The predicted molar refractivity (Wildman–Crippen MR) is 77.6 cm³/mol. The average molecular weight is 298 g/mol. The molecule has 2 heterocycles. The first-order valence-electron chi connectivity index (χ1n) is 6.74. The fraction of sp³-hybridized carbons (Fsp3) is 0.125. The Morgan fingerprint density at radius 3 is 2.77 bits per heavy atom. The van der Waals surface area contributed by atoms with E-state index in [9.17, 15) is 4.79 Å². The monoisotopic (exact) mass is 298 g/mol. The van der Waals surface area contributed by atoms with Gasteiger partial charge in [0.15, 0.2) is 11.5 Å². The van der Waals surface area contributed by atoms with Gasteiger partial charge in [-0.25, -0.2) is 0 Å². The minimum atomic E-state index is -0.350. The normalized spacial score (nSPS) is 10.4. The second-order valence-electron chi connectivity index (χ2n) is 4.65. The number of para-hydroxylation sites is 1. The van der Waals surface area contributed by atoms with Gasteiger partial charge in [-0.2, -0.15) is 0 Å². The topological polar surface area (TPSA) is 77.5 Å². The van der Waals surface area contributed by atoms with Gasteiger partial charge in [0, 0.05) is 12.1 Å². The fourth-order valence-corrected chi connectivity index (χ4v) is 1.86. The smallest absolute Gasteiger partial charge is 0.290 e. The van der Waals surface area contributed by atoms with Gasteiger partial charge in [-0.05, 0) is 25.1 Å². The van der Waals surface area contributed by atoms with Crippen molar-refractivity contribution in [2.75, 3.05) is 0 Å². The van der Waals surface area contributed by atoms with Gasteiger partial charge >= 0.3 is 0 Å². The summed E-state index contributed by atoms with van der Waals surface area (Å²) < 4.78 is 15.9. The molecule has 0 radical (unpaired) electrons. The van der Waals surface area contributed by atoms with E-state index < -0.39 is 0 Å². The third kappa shape index (κ3) is 3.35. The molecule has 0 aliphatic heterocycles. The molecule has 0 saturated carbocycles.